The lowest BCUT2D eigenvalue weighted by molar-refractivity contribution is 0.167. The first-order chi connectivity index (χ1) is 6.52. The number of ether oxygens (including phenoxy) is 1. The fourth-order valence-electron chi connectivity index (χ4n) is 1.01. The van der Waals surface area contributed by atoms with E-state index >= 15 is 0 Å². The standard InChI is InChI=1S/C10H23NO2S/c1-7(2)8(3)14-10(5-12)9(11)6-13-4/h7-10,12H,5-6,11H2,1-4H3. The van der Waals surface area contributed by atoms with E-state index < -0.39 is 0 Å². The van der Waals surface area contributed by atoms with E-state index in [4.69, 9.17) is 10.5 Å². The molecule has 0 aromatic rings. The number of hydrogen-bond donors (Lipinski definition) is 2. The van der Waals surface area contributed by atoms with Crippen LogP contribution in [0.3, 0.4) is 0 Å². The lowest BCUT2D eigenvalue weighted by atomic mass is 10.2. The Morgan fingerprint density at radius 3 is 2.29 bits per heavy atom. The molecule has 0 aliphatic heterocycles. The summed E-state index contributed by atoms with van der Waals surface area (Å²) in [7, 11) is 1.63. The van der Waals surface area contributed by atoms with Crippen LogP contribution in [0.15, 0.2) is 0 Å². The fraction of sp³-hybridized carbons (Fsp3) is 1.00. The maximum atomic E-state index is 9.20. The van der Waals surface area contributed by atoms with Crippen molar-refractivity contribution >= 4 is 11.8 Å². The summed E-state index contributed by atoms with van der Waals surface area (Å²) in [6.45, 7) is 7.13. The van der Waals surface area contributed by atoms with E-state index in [1.54, 1.807) is 18.9 Å². The topological polar surface area (TPSA) is 55.5 Å². The van der Waals surface area contributed by atoms with Gasteiger partial charge in [-0.1, -0.05) is 20.8 Å². The van der Waals surface area contributed by atoms with Crippen molar-refractivity contribution in [1.82, 2.24) is 0 Å². The molecule has 0 aromatic heterocycles. The van der Waals surface area contributed by atoms with Crippen LogP contribution >= 0.6 is 11.8 Å². The fourth-order valence-corrected chi connectivity index (χ4v) is 2.24. The molecule has 0 spiro atoms. The third-order valence-corrected chi connectivity index (χ3v) is 4.17. The average Bonchev–Trinajstić information content (AvgIpc) is 2.13. The van der Waals surface area contributed by atoms with Gasteiger partial charge in [-0.25, -0.2) is 0 Å². The van der Waals surface area contributed by atoms with E-state index in [2.05, 4.69) is 20.8 Å². The van der Waals surface area contributed by atoms with Gasteiger partial charge in [-0.05, 0) is 5.92 Å². The largest absolute Gasteiger partial charge is 0.395 e. The highest BCUT2D eigenvalue weighted by Gasteiger charge is 2.21. The van der Waals surface area contributed by atoms with Gasteiger partial charge in [0.2, 0.25) is 0 Å². The Labute approximate surface area is 91.4 Å². The summed E-state index contributed by atoms with van der Waals surface area (Å²) in [6.07, 6.45) is 0. The van der Waals surface area contributed by atoms with Gasteiger partial charge in [0.1, 0.15) is 0 Å². The molecule has 0 fully saturated rings. The summed E-state index contributed by atoms with van der Waals surface area (Å²) in [6, 6.07) is -0.0869. The summed E-state index contributed by atoms with van der Waals surface area (Å²) in [4.78, 5) is 0. The van der Waals surface area contributed by atoms with Gasteiger partial charge < -0.3 is 15.6 Å². The van der Waals surface area contributed by atoms with Gasteiger partial charge in [0, 0.05) is 23.7 Å². The highest BCUT2D eigenvalue weighted by atomic mass is 32.2. The Hall–Kier alpha value is 0.230. The molecule has 3 nitrogen and oxygen atoms in total. The molecule has 0 saturated carbocycles. The van der Waals surface area contributed by atoms with Crippen molar-refractivity contribution in [2.45, 2.75) is 37.3 Å². The molecule has 0 aromatic carbocycles. The summed E-state index contributed by atoms with van der Waals surface area (Å²) in [5, 5.41) is 9.78. The molecule has 0 saturated heterocycles. The number of rotatable bonds is 7. The number of aliphatic hydroxyl groups is 1. The van der Waals surface area contributed by atoms with Crippen LogP contribution in [0.4, 0.5) is 0 Å². The smallest absolute Gasteiger partial charge is 0.0625 e. The molecular weight excluding hydrogens is 198 g/mol. The third kappa shape index (κ3) is 5.20. The molecule has 14 heavy (non-hydrogen) atoms. The number of thioether (sulfide) groups is 1. The van der Waals surface area contributed by atoms with Crippen molar-refractivity contribution < 1.29 is 9.84 Å². The number of hydrogen-bond acceptors (Lipinski definition) is 4. The molecule has 0 rings (SSSR count). The van der Waals surface area contributed by atoms with Crippen molar-refractivity contribution in [2.24, 2.45) is 11.7 Å². The van der Waals surface area contributed by atoms with Gasteiger partial charge >= 0.3 is 0 Å². The lowest BCUT2D eigenvalue weighted by Crippen LogP contribution is -2.40. The molecule has 0 heterocycles. The van der Waals surface area contributed by atoms with Crippen LogP contribution in [0.5, 0.6) is 0 Å². The summed E-state index contributed by atoms with van der Waals surface area (Å²) >= 11 is 1.75. The first-order valence-corrected chi connectivity index (χ1v) is 5.98. The minimum atomic E-state index is -0.0869. The normalized spacial score (nSPS) is 18.2. The van der Waals surface area contributed by atoms with Crippen molar-refractivity contribution in [3.05, 3.63) is 0 Å². The molecular formula is C10H23NO2S. The van der Waals surface area contributed by atoms with Crippen molar-refractivity contribution in [2.75, 3.05) is 20.3 Å². The summed E-state index contributed by atoms with van der Waals surface area (Å²) in [5.74, 6) is 0.601. The van der Waals surface area contributed by atoms with Crippen molar-refractivity contribution in [3.8, 4) is 0 Å². The van der Waals surface area contributed by atoms with Crippen LogP contribution in [0.25, 0.3) is 0 Å². The zero-order valence-electron chi connectivity index (χ0n) is 9.56. The minimum Gasteiger partial charge on any atom is -0.395 e. The van der Waals surface area contributed by atoms with Crippen molar-refractivity contribution in [3.63, 3.8) is 0 Å². The van der Waals surface area contributed by atoms with E-state index in [1.807, 2.05) is 0 Å². The van der Waals surface area contributed by atoms with Crippen LogP contribution in [0.1, 0.15) is 20.8 Å². The van der Waals surface area contributed by atoms with Crippen LogP contribution < -0.4 is 5.73 Å². The average molecular weight is 221 g/mol. The summed E-state index contributed by atoms with van der Waals surface area (Å²) < 4.78 is 4.98. The highest BCUT2D eigenvalue weighted by Crippen LogP contribution is 2.25. The molecule has 0 radical (unpaired) electrons. The van der Waals surface area contributed by atoms with Crippen molar-refractivity contribution in [1.29, 1.82) is 0 Å². The van der Waals surface area contributed by atoms with Gasteiger partial charge in [-0.3, -0.25) is 0 Å². The minimum absolute atomic E-state index is 0.0762. The Balaban J connectivity index is 4.00. The van der Waals surface area contributed by atoms with Crippen LogP contribution in [-0.2, 0) is 4.74 Å². The Morgan fingerprint density at radius 1 is 1.36 bits per heavy atom. The van der Waals surface area contributed by atoms with Gasteiger partial charge in [0.15, 0.2) is 0 Å². The van der Waals surface area contributed by atoms with E-state index in [0.717, 1.165) is 0 Å². The zero-order chi connectivity index (χ0) is 11.1. The van der Waals surface area contributed by atoms with Gasteiger partial charge in [0.25, 0.3) is 0 Å². The molecule has 0 amide bonds. The molecule has 4 heteroatoms. The lowest BCUT2D eigenvalue weighted by Gasteiger charge is -2.25. The predicted octanol–water partition coefficient (Wildman–Crippen LogP) is 1.10. The van der Waals surface area contributed by atoms with Gasteiger partial charge in [-0.2, -0.15) is 11.8 Å². The molecule has 3 unspecified atom stereocenters. The molecule has 3 N–H and O–H groups in total. The van der Waals surface area contributed by atoms with Crippen LogP contribution in [-0.4, -0.2) is 42.0 Å². The highest BCUT2D eigenvalue weighted by molar-refractivity contribution is 8.00. The second kappa shape index (κ2) is 7.51. The molecule has 86 valence electrons. The first-order valence-electron chi connectivity index (χ1n) is 5.03. The maximum absolute atomic E-state index is 9.20. The zero-order valence-corrected chi connectivity index (χ0v) is 10.4. The third-order valence-electron chi connectivity index (χ3n) is 2.34. The predicted molar refractivity (Wildman–Crippen MR) is 62.6 cm³/mol. The van der Waals surface area contributed by atoms with E-state index in [-0.39, 0.29) is 17.9 Å². The number of nitrogens with two attached hydrogens (primary N) is 1. The number of aliphatic hydroxyl groups excluding tert-OH is 1. The van der Waals surface area contributed by atoms with E-state index in [0.29, 0.717) is 17.8 Å². The Kier molecular flexibility index (Phi) is 7.64. The second-order valence-electron chi connectivity index (χ2n) is 3.93. The Bertz CT molecular complexity index is 144. The second-order valence-corrected chi connectivity index (χ2v) is 5.55. The monoisotopic (exact) mass is 221 g/mol. The van der Waals surface area contributed by atoms with E-state index in [9.17, 15) is 5.11 Å². The maximum Gasteiger partial charge on any atom is 0.0625 e. The van der Waals surface area contributed by atoms with E-state index in [1.165, 1.54) is 0 Å². The molecule has 3 atom stereocenters. The number of methoxy groups -OCH3 is 1. The molecule has 0 aliphatic rings. The summed E-state index contributed by atoms with van der Waals surface area (Å²) in [5.41, 5.74) is 5.88. The van der Waals surface area contributed by atoms with Crippen LogP contribution in [0.2, 0.25) is 0 Å². The van der Waals surface area contributed by atoms with Gasteiger partial charge in [0.05, 0.1) is 13.2 Å². The Morgan fingerprint density at radius 2 is 1.93 bits per heavy atom. The molecule has 0 bridgehead atoms. The molecule has 0 aliphatic carbocycles. The SMILES string of the molecule is COCC(N)C(CO)SC(C)C(C)C. The van der Waals surface area contributed by atoms with Crippen LogP contribution in [0, 0.1) is 5.92 Å². The van der Waals surface area contributed by atoms with Gasteiger partial charge in [-0.15, -0.1) is 0 Å². The first kappa shape index (κ1) is 14.2. The quantitative estimate of drug-likeness (QED) is 0.676.